The molecule has 0 aromatic heterocycles. The van der Waals surface area contributed by atoms with Gasteiger partial charge in [0.25, 0.3) is 0 Å². The Morgan fingerprint density at radius 2 is 1.19 bits per heavy atom. The summed E-state index contributed by atoms with van der Waals surface area (Å²) in [6, 6.07) is 1.95. The van der Waals surface area contributed by atoms with Crippen molar-refractivity contribution in [2.45, 2.75) is 0 Å². The van der Waals surface area contributed by atoms with Crippen LogP contribution >= 0.6 is 34.8 Å². The zero-order valence-corrected chi connectivity index (χ0v) is 12.1. The average molecular weight is 360 g/mol. The van der Waals surface area contributed by atoms with Gasteiger partial charge in [-0.2, -0.15) is 0 Å². The molecule has 0 bridgehead atoms. The number of benzene rings is 2. The van der Waals surface area contributed by atoms with Crippen LogP contribution in [0.25, 0.3) is 0 Å². The first-order chi connectivity index (χ1) is 9.81. The van der Waals surface area contributed by atoms with Gasteiger partial charge < -0.3 is 0 Å². The van der Waals surface area contributed by atoms with Gasteiger partial charge in [0.1, 0.15) is 38.3 Å². The molecule has 0 radical (unpaired) electrons. The third kappa shape index (κ3) is 3.28. The van der Waals surface area contributed by atoms with Crippen LogP contribution in [0.5, 0.6) is 0 Å². The zero-order valence-electron chi connectivity index (χ0n) is 9.88. The minimum absolute atomic E-state index is 0.203. The standard InChI is InChI=1S/C12H5Cl3F4N2/c13-9-5(17)1-4(16)2-8(9)20-21-12-10(14)6(18)3-7(19)11(12)15/h1-3,20-21H. The molecule has 112 valence electrons. The topological polar surface area (TPSA) is 24.1 Å². The monoisotopic (exact) mass is 358 g/mol. The maximum Gasteiger partial charge on any atom is 0.146 e. The van der Waals surface area contributed by atoms with E-state index in [1.165, 1.54) is 0 Å². The van der Waals surface area contributed by atoms with Crippen molar-refractivity contribution >= 4 is 46.2 Å². The van der Waals surface area contributed by atoms with E-state index < -0.39 is 38.3 Å². The second-order valence-corrected chi connectivity index (χ2v) is 4.98. The highest BCUT2D eigenvalue weighted by atomic mass is 35.5. The highest BCUT2D eigenvalue weighted by Gasteiger charge is 2.17. The second kappa shape index (κ2) is 6.17. The first kappa shape index (κ1) is 16.0. The molecule has 0 heterocycles. The van der Waals surface area contributed by atoms with Crippen LogP contribution in [0.2, 0.25) is 15.1 Å². The molecule has 21 heavy (non-hydrogen) atoms. The van der Waals surface area contributed by atoms with E-state index in [0.717, 1.165) is 6.07 Å². The molecule has 9 heteroatoms. The fraction of sp³-hybridized carbons (Fsp3) is 0. The summed E-state index contributed by atoms with van der Waals surface area (Å²) >= 11 is 16.9. The van der Waals surface area contributed by atoms with Gasteiger partial charge >= 0.3 is 0 Å². The average Bonchev–Trinajstić information content (AvgIpc) is 2.41. The van der Waals surface area contributed by atoms with Gasteiger partial charge in [-0.25, -0.2) is 17.6 Å². The van der Waals surface area contributed by atoms with Crippen LogP contribution in [-0.2, 0) is 0 Å². The molecule has 0 spiro atoms. The van der Waals surface area contributed by atoms with Crippen molar-refractivity contribution in [3.8, 4) is 0 Å². The lowest BCUT2D eigenvalue weighted by Crippen LogP contribution is -2.11. The lowest BCUT2D eigenvalue weighted by atomic mass is 10.3. The van der Waals surface area contributed by atoms with Crippen LogP contribution < -0.4 is 10.9 Å². The van der Waals surface area contributed by atoms with Crippen LogP contribution in [0.15, 0.2) is 18.2 Å². The van der Waals surface area contributed by atoms with Crippen LogP contribution in [0.1, 0.15) is 0 Å². The maximum atomic E-state index is 13.3. The summed E-state index contributed by atoms with van der Waals surface area (Å²) in [4.78, 5) is 0. The van der Waals surface area contributed by atoms with E-state index in [9.17, 15) is 17.6 Å². The van der Waals surface area contributed by atoms with Gasteiger partial charge in [-0.3, -0.25) is 10.9 Å². The Morgan fingerprint density at radius 1 is 0.667 bits per heavy atom. The van der Waals surface area contributed by atoms with Crippen molar-refractivity contribution < 1.29 is 17.6 Å². The van der Waals surface area contributed by atoms with E-state index in [2.05, 4.69) is 10.9 Å². The van der Waals surface area contributed by atoms with Gasteiger partial charge in [-0.05, 0) is 0 Å². The molecule has 2 aromatic rings. The Kier molecular flexibility index (Phi) is 4.70. The quantitative estimate of drug-likeness (QED) is 0.421. The van der Waals surface area contributed by atoms with Crippen molar-refractivity contribution in [1.29, 1.82) is 0 Å². The highest BCUT2D eigenvalue weighted by Crippen LogP contribution is 2.35. The van der Waals surface area contributed by atoms with Crippen LogP contribution in [-0.4, -0.2) is 0 Å². The highest BCUT2D eigenvalue weighted by molar-refractivity contribution is 6.39. The van der Waals surface area contributed by atoms with Crippen LogP contribution in [0, 0.1) is 23.3 Å². The first-order valence-corrected chi connectivity index (χ1v) is 6.44. The van der Waals surface area contributed by atoms with Crippen molar-refractivity contribution in [2.24, 2.45) is 0 Å². The molecular weight excluding hydrogens is 354 g/mol. The summed E-state index contributed by atoms with van der Waals surface area (Å²) in [5.41, 5.74) is 4.01. The van der Waals surface area contributed by atoms with Crippen molar-refractivity contribution in [3.05, 3.63) is 56.5 Å². The molecule has 0 saturated heterocycles. The lowest BCUT2D eigenvalue weighted by Gasteiger charge is -2.15. The number of anilines is 2. The molecule has 0 unspecified atom stereocenters. The molecule has 2 aromatic carbocycles. The number of hydrogen-bond donors (Lipinski definition) is 2. The number of nitrogens with one attached hydrogen (secondary N) is 2. The van der Waals surface area contributed by atoms with Gasteiger partial charge in [0.05, 0.1) is 11.4 Å². The number of hydrogen-bond acceptors (Lipinski definition) is 2. The Morgan fingerprint density at radius 3 is 1.76 bits per heavy atom. The summed E-state index contributed by atoms with van der Waals surface area (Å²) in [5, 5.41) is -1.42. The minimum Gasteiger partial charge on any atom is -0.299 e. The molecular formula is C12H5Cl3F4N2. The molecule has 2 nitrogen and oxygen atoms in total. The number of rotatable bonds is 3. The normalized spacial score (nSPS) is 10.6. The molecule has 0 saturated carbocycles. The van der Waals surface area contributed by atoms with Crippen molar-refractivity contribution in [2.75, 3.05) is 10.9 Å². The van der Waals surface area contributed by atoms with E-state index in [0.29, 0.717) is 12.1 Å². The molecule has 0 aliphatic heterocycles. The maximum absolute atomic E-state index is 13.3. The molecule has 0 atom stereocenters. The predicted octanol–water partition coefficient (Wildman–Crippen LogP) is 5.64. The molecule has 2 rings (SSSR count). The van der Waals surface area contributed by atoms with E-state index in [1.54, 1.807) is 0 Å². The van der Waals surface area contributed by atoms with Gasteiger partial charge in [-0.1, -0.05) is 34.8 Å². The van der Waals surface area contributed by atoms with Gasteiger partial charge in [0, 0.05) is 18.2 Å². The first-order valence-electron chi connectivity index (χ1n) is 5.30. The second-order valence-electron chi connectivity index (χ2n) is 3.84. The third-order valence-corrected chi connectivity index (χ3v) is 3.55. The van der Waals surface area contributed by atoms with E-state index in [1.807, 2.05) is 0 Å². The zero-order chi connectivity index (χ0) is 15.7. The Labute approximate surface area is 131 Å². The molecule has 0 amide bonds. The van der Waals surface area contributed by atoms with E-state index in [-0.39, 0.29) is 11.4 Å². The third-order valence-electron chi connectivity index (χ3n) is 2.43. The van der Waals surface area contributed by atoms with Crippen molar-refractivity contribution in [3.63, 3.8) is 0 Å². The van der Waals surface area contributed by atoms with Gasteiger partial charge in [0.15, 0.2) is 0 Å². The minimum atomic E-state index is -1.06. The largest absolute Gasteiger partial charge is 0.299 e. The summed E-state index contributed by atoms with van der Waals surface area (Å²) < 4.78 is 52.9. The summed E-state index contributed by atoms with van der Waals surface area (Å²) in [6.07, 6.45) is 0. The summed E-state index contributed by atoms with van der Waals surface area (Å²) in [6.45, 7) is 0. The predicted molar refractivity (Wildman–Crippen MR) is 75.0 cm³/mol. The number of hydrazine groups is 1. The fourth-order valence-corrected chi connectivity index (χ4v) is 2.06. The Balaban J connectivity index is 2.33. The van der Waals surface area contributed by atoms with E-state index >= 15 is 0 Å². The Hall–Kier alpha value is -1.37. The number of halogens is 7. The molecule has 0 aliphatic rings. The fourth-order valence-electron chi connectivity index (χ4n) is 1.46. The van der Waals surface area contributed by atoms with Gasteiger partial charge in [0.2, 0.25) is 0 Å². The van der Waals surface area contributed by atoms with Crippen LogP contribution in [0.4, 0.5) is 28.9 Å². The molecule has 2 N–H and O–H groups in total. The SMILES string of the molecule is Fc1cc(F)c(Cl)c(NNc2c(Cl)c(F)cc(F)c2Cl)c1. The molecule has 0 aliphatic carbocycles. The smallest absolute Gasteiger partial charge is 0.146 e. The van der Waals surface area contributed by atoms with Crippen LogP contribution in [0.3, 0.4) is 0 Å². The van der Waals surface area contributed by atoms with Crippen molar-refractivity contribution in [1.82, 2.24) is 0 Å². The summed E-state index contributed by atoms with van der Waals surface area (Å²) in [5.74, 6) is -4.02. The van der Waals surface area contributed by atoms with Gasteiger partial charge in [-0.15, -0.1) is 0 Å². The summed E-state index contributed by atoms with van der Waals surface area (Å²) in [7, 11) is 0. The van der Waals surface area contributed by atoms with E-state index in [4.69, 9.17) is 34.8 Å². The molecule has 0 fully saturated rings. The Bertz CT molecular complexity index is 683. The lowest BCUT2D eigenvalue weighted by molar-refractivity contribution is 0.583.